The Morgan fingerprint density at radius 3 is 2.78 bits per heavy atom. The Bertz CT molecular complexity index is 1320. The molecule has 0 aliphatic carbocycles. The van der Waals surface area contributed by atoms with E-state index < -0.39 is 6.04 Å². The molecular formula is C28H32N4O5. The lowest BCUT2D eigenvalue weighted by Crippen LogP contribution is -2.49. The fourth-order valence-electron chi connectivity index (χ4n) is 5.12. The number of carbonyl (C=O) groups is 3. The van der Waals surface area contributed by atoms with Crippen LogP contribution in [0.1, 0.15) is 36.1 Å². The maximum absolute atomic E-state index is 13.1. The number of ether oxygens (including phenoxy) is 2. The third-order valence-corrected chi connectivity index (χ3v) is 6.98. The minimum absolute atomic E-state index is 0.0647. The van der Waals surface area contributed by atoms with Crippen LogP contribution in [0.25, 0.3) is 10.9 Å². The van der Waals surface area contributed by atoms with Crippen molar-refractivity contribution in [3.8, 4) is 11.5 Å². The molecule has 37 heavy (non-hydrogen) atoms. The molecule has 1 saturated heterocycles. The van der Waals surface area contributed by atoms with E-state index in [1.165, 1.54) is 4.90 Å². The van der Waals surface area contributed by atoms with Crippen LogP contribution in [0.2, 0.25) is 0 Å². The molecule has 1 unspecified atom stereocenters. The second kappa shape index (κ2) is 10.9. The Labute approximate surface area is 215 Å². The Kier molecular flexibility index (Phi) is 7.30. The summed E-state index contributed by atoms with van der Waals surface area (Å²) in [5, 5.41) is 6.83. The third-order valence-electron chi connectivity index (χ3n) is 6.98. The Morgan fingerprint density at radius 2 is 1.97 bits per heavy atom. The lowest BCUT2D eigenvalue weighted by atomic mass is 10.0. The summed E-state index contributed by atoms with van der Waals surface area (Å²) in [6.45, 7) is 1.07. The number of aromatic nitrogens is 1. The van der Waals surface area contributed by atoms with Crippen molar-refractivity contribution in [3.63, 3.8) is 0 Å². The van der Waals surface area contributed by atoms with Gasteiger partial charge < -0.3 is 30.0 Å². The summed E-state index contributed by atoms with van der Waals surface area (Å²) >= 11 is 0. The third kappa shape index (κ3) is 5.55. The van der Waals surface area contributed by atoms with E-state index in [-0.39, 0.29) is 24.3 Å². The number of methoxy groups -OCH3 is 1. The molecule has 1 atom stereocenters. The van der Waals surface area contributed by atoms with E-state index in [2.05, 4.69) is 27.8 Å². The molecule has 9 heteroatoms. The van der Waals surface area contributed by atoms with E-state index in [0.717, 1.165) is 27.7 Å². The molecular weight excluding hydrogens is 472 g/mol. The van der Waals surface area contributed by atoms with Crippen molar-refractivity contribution in [2.24, 2.45) is 0 Å². The number of amides is 3. The molecule has 2 aromatic carbocycles. The van der Waals surface area contributed by atoms with Gasteiger partial charge in [-0.15, -0.1) is 0 Å². The average Bonchev–Trinajstić information content (AvgIpc) is 3.48. The number of carbonyl (C=O) groups excluding carboxylic acids is 3. The maximum atomic E-state index is 13.1. The molecule has 5 rings (SSSR count). The van der Waals surface area contributed by atoms with Gasteiger partial charge in [0, 0.05) is 42.5 Å². The summed E-state index contributed by atoms with van der Waals surface area (Å²) in [6, 6.07) is 13.5. The van der Waals surface area contributed by atoms with Crippen molar-refractivity contribution in [2.75, 3.05) is 33.4 Å². The number of aromatic amines is 1. The summed E-state index contributed by atoms with van der Waals surface area (Å²) < 4.78 is 11.6. The molecule has 3 N–H and O–H groups in total. The van der Waals surface area contributed by atoms with E-state index in [1.807, 2.05) is 30.3 Å². The monoisotopic (exact) mass is 504 g/mol. The first kappa shape index (κ1) is 24.7. The van der Waals surface area contributed by atoms with Gasteiger partial charge in [-0.1, -0.05) is 24.3 Å². The number of para-hydroxylation sites is 1. The maximum Gasteiger partial charge on any atom is 0.245 e. The van der Waals surface area contributed by atoms with Crippen molar-refractivity contribution < 1.29 is 23.9 Å². The highest BCUT2D eigenvalue weighted by molar-refractivity contribution is 5.93. The van der Waals surface area contributed by atoms with E-state index in [1.54, 1.807) is 7.11 Å². The lowest BCUT2D eigenvalue weighted by Gasteiger charge is -2.25. The predicted octanol–water partition coefficient (Wildman–Crippen LogP) is 2.32. The highest BCUT2D eigenvalue weighted by atomic mass is 16.5. The number of nitrogens with zero attached hydrogens (tertiary/aromatic N) is 1. The Balaban J connectivity index is 1.43. The van der Waals surface area contributed by atoms with E-state index in [9.17, 15) is 14.4 Å². The zero-order chi connectivity index (χ0) is 25.8. The Morgan fingerprint density at radius 1 is 1.11 bits per heavy atom. The molecule has 2 aliphatic rings. The van der Waals surface area contributed by atoms with Crippen molar-refractivity contribution >= 4 is 28.6 Å². The van der Waals surface area contributed by atoms with Crippen LogP contribution in [0.5, 0.6) is 11.5 Å². The van der Waals surface area contributed by atoms with Gasteiger partial charge in [-0.2, -0.15) is 0 Å². The largest absolute Gasteiger partial charge is 0.493 e. The number of hydrogen-bond donors (Lipinski definition) is 3. The van der Waals surface area contributed by atoms with Crippen LogP contribution in [-0.4, -0.2) is 67.0 Å². The number of nitrogens with one attached hydrogen (secondary N) is 3. The molecule has 2 bridgehead atoms. The zero-order valence-corrected chi connectivity index (χ0v) is 21.0. The first-order valence-electron chi connectivity index (χ1n) is 12.7. The van der Waals surface area contributed by atoms with Crippen molar-refractivity contribution in [1.29, 1.82) is 0 Å². The molecule has 0 radical (unpaired) electrons. The highest BCUT2D eigenvalue weighted by Gasteiger charge is 2.31. The van der Waals surface area contributed by atoms with Crippen LogP contribution < -0.4 is 20.1 Å². The summed E-state index contributed by atoms with van der Waals surface area (Å²) in [7, 11) is 1.61. The van der Waals surface area contributed by atoms with Gasteiger partial charge in [-0.05, 0) is 48.6 Å². The van der Waals surface area contributed by atoms with Gasteiger partial charge in [0.2, 0.25) is 17.7 Å². The fraction of sp³-hybridized carbons (Fsp3) is 0.393. The van der Waals surface area contributed by atoms with Crippen LogP contribution in [0.15, 0.2) is 42.5 Å². The number of benzene rings is 2. The quantitative estimate of drug-likeness (QED) is 0.496. The molecule has 1 fully saturated rings. The number of fused-ring (bicyclic) bond motifs is 5. The molecule has 3 aromatic rings. The fourth-order valence-corrected chi connectivity index (χ4v) is 5.12. The van der Waals surface area contributed by atoms with Crippen LogP contribution in [0.3, 0.4) is 0 Å². The summed E-state index contributed by atoms with van der Waals surface area (Å²) in [4.78, 5) is 42.7. The van der Waals surface area contributed by atoms with Gasteiger partial charge >= 0.3 is 0 Å². The summed E-state index contributed by atoms with van der Waals surface area (Å²) in [5.41, 5.74) is 4.38. The summed E-state index contributed by atoms with van der Waals surface area (Å²) in [6.07, 6.45) is 2.63. The topological polar surface area (TPSA) is 113 Å². The van der Waals surface area contributed by atoms with E-state index in [0.29, 0.717) is 63.3 Å². The van der Waals surface area contributed by atoms with Gasteiger partial charge in [0.05, 0.1) is 20.3 Å². The molecule has 9 nitrogen and oxygen atoms in total. The van der Waals surface area contributed by atoms with Gasteiger partial charge in [0.15, 0.2) is 11.5 Å². The van der Waals surface area contributed by atoms with Crippen LogP contribution in [-0.2, 0) is 27.2 Å². The number of H-pyrrole nitrogens is 1. The van der Waals surface area contributed by atoms with Crippen molar-refractivity contribution in [1.82, 2.24) is 20.5 Å². The SMILES string of the molecule is COc1ccc2cc1OCCCN(C(=O)C1CCC(=O)N1)CC(=O)NCCc1c([nH]c3ccccc13)C2. The minimum atomic E-state index is -0.586. The lowest BCUT2D eigenvalue weighted by molar-refractivity contribution is -0.138. The van der Waals surface area contributed by atoms with E-state index in [4.69, 9.17) is 9.47 Å². The molecule has 1 aromatic heterocycles. The highest BCUT2D eigenvalue weighted by Crippen LogP contribution is 2.31. The van der Waals surface area contributed by atoms with Crippen LogP contribution >= 0.6 is 0 Å². The molecule has 0 saturated carbocycles. The molecule has 0 spiro atoms. The van der Waals surface area contributed by atoms with Crippen molar-refractivity contribution in [3.05, 3.63) is 59.3 Å². The average molecular weight is 505 g/mol. The van der Waals surface area contributed by atoms with Gasteiger partial charge in [0.25, 0.3) is 0 Å². The molecule has 3 amide bonds. The van der Waals surface area contributed by atoms with Crippen molar-refractivity contribution in [2.45, 2.75) is 38.1 Å². The summed E-state index contributed by atoms with van der Waals surface area (Å²) in [5.74, 6) is 0.688. The number of rotatable bonds is 2. The molecule has 3 heterocycles. The van der Waals surface area contributed by atoms with Gasteiger partial charge in [-0.3, -0.25) is 14.4 Å². The van der Waals surface area contributed by atoms with Crippen LogP contribution in [0.4, 0.5) is 0 Å². The standard InChI is InChI=1S/C28H32N4O5/c1-36-24-9-7-18-15-23-20(19-5-2-3-6-21(19)30-23)11-12-29-27(34)17-32(13-4-14-37-25(24)16-18)28(35)22-8-10-26(33)31-22/h2-3,5-7,9,16,22,30H,4,8,10-15,17H2,1H3,(H,29,34)(H,31,33). The first-order chi connectivity index (χ1) is 18.0. The van der Waals surface area contributed by atoms with E-state index >= 15 is 0 Å². The Hall–Kier alpha value is -4.01. The smallest absolute Gasteiger partial charge is 0.245 e. The molecule has 2 aliphatic heterocycles. The number of hydrogen-bond acceptors (Lipinski definition) is 5. The first-order valence-corrected chi connectivity index (χ1v) is 12.7. The second-order valence-electron chi connectivity index (χ2n) is 9.51. The van der Waals surface area contributed by atoms with Gasteiger partial charge in [-0.25, -0.2) is 0 Å². The minimum Gasteiger partial charge on any atom is -0.493 e. The normalized spacial score (nSPS) is 19.1. The van der Waals surface area contributed by atoms with Gasteiger partial charge in [0.1, 0.15) is 6.04 Å². The zero-order valence-electron chi connectivity index (χ0n) is 21.0. The predicted molar refractivity (Wildman–Crippen MR) is 139 cm³/mol. The van der Waals surface area contributed by atoms with Crippen LogP contribution in [0, 0.1) is 0 Å². The molecule has 194 valence electrons. The second-order valence-corrected chi connectivity index (χ2v) is 9.51.